The molecule has 0 saturated heterocycles. The fourth-order valence-corrected chi connectivity index (χ4v) is 3.71. The minimum atomic E-state index is -3.79. The van der Waals surface area contributed by atoms with Crippen LogP contribution >= 0.6 is 12.2 Å². The van der Waals surface area contributed by atoms with E-state index in [4.69, 9.17) is 21.7 Å². The van der Waals surface area contributed by atoms with Crippen LogP contribution in [0.4, 0.5) is 17.3 Å². The van der Waals surface area contributed by atoms with E-state index >= 15 is 0 Å². The maximum absolute atomic E-state index is 12.4. The van der Waals surface area contributed by atoms with E-state index in [2.05, 4.69) is 25.3 Å². The highest BCUT2D eigenvalue weighted by Crippen LogP contribution is 2.34. The van der Waals surface area contributed by atoms with Gasteiger partial charge in [-0.15, -0.1) is 0 Å². The normalized spacial score (nSPS) is 12.3. The molecule has 3 N–H and O–H groups in total. The Balaban J connectivity index is 1.39. The summed E-state index contributed by atoms with van der Waals surface area (Å²) in [5.74, 6) is 1.33. The molecular weight excluding hydrogens is 414 g/mol. The molecule has 11 heteroatoms. The molecule has 1 aliphatic heterocycles. The Morgan fingerprint density at radius 2 is 1.59 bits per heavy atom. The van der Waals surface area contributed by atoms with E-state index in [1.165, 1.54) is 24.5 Å². The van der Waals surface area contributed by atoms with Crippen molar-refractivity contribution in [3.8, 4) is 11.5 Å². The first-order valence-electron chi connectivity index (χ1n) is 8.37. The summed E-state index contributed by atoms with van der Waals surface area (Å²) < 4.78 is 37.7. The lowest BCUT2D eigenvalue weighted by atomic mass is 10.3. The Hall–Kier alpha value is -3.44. The lowest BCUT2D eigenvalue weighted by Gasteiger charge is -2.12. The molecule has 0 unspecified atom stereocenters. The third-order valence-electron chi connectivity index (χ3n) is 3.84. The van der Waals surface area contributed by atoms with Crippen molar-refractivity contribution in [3.63, 3.8) is 0 Å². The van der Waals surface area contributed by atoms with Gasteiger partial charge in [0.2, 0.25) is 12.7 Å². The molecule has 0 saturated carbocycles. The molecule has 0 bridgehead atoms. The molecule has 0 amide bonds. The van der Waals surface area contributed by atoms with Crippen LogP contribution in [-0.4, -0.2) is 30.3 Å². The maximum Gasteiger partial charge on any atom is 0.264 e. The van der Waals surface area contributed by atoms with Gasteiger partial charge in [0.25, 0.3) is 10.0 Å². The van der Waals surface area contributed by atoms with Gasteiger partial charge in [-0.3, -0.25) is 0 Å². The van der Waals surface area contributed by atoms with E-state index in [0.717, 1.165) is 5.69 Å². The van der Waals surface area contributed by atoms with Gasteiger partial charge in [0, 0.05) is 29.8 Å². The first-order chi connectivity index (χ1) is 14.0. The van der Waals surface area contributed by atoms with Crippen molar-refractivity contribution in [2.75, 3.05) is 22.1 Å². The number of aromatic nitrogens is 2. The summed E-state index contributed by atoms with van der Waals surface area (Å²) in [7, 11) is -3.79. The van der Waals surface area contributed by atoms with E-state index in [0.29, 0.717) is 22.3 Å². The number of nitrogens with one attached hydrogen (secondary N) is 3. The van der Waals surface area contributed by atoms with Gasteiger partial charge in [-0.1, -0.05) is 0 Å². The van der Waals surface area contributed by atoms with Gasteiger partial charge >= 0.3 is 0 Å². The SMILES string of the molecule is O=S(=O)(Nc1ncccn1)c1ccc(NC(=S)Nc2ccc3c(c2)OCO3)cc1. The first-order valence-corrected chi connectivity index (χ1v) is 10.3. The Morgan fingerprint density at radius 1 is 0.931 bits per heavy atom. The van der Waals surface area contributed by atoms with Crippen molar-refractivity contribution in [2.24, 2.45) is 0 Å². The summed E-state index contributed by atoms with van der Waals surface area (Å²) in [5, 5.41) is 6.37. The Labute approximate surface area is 172 Å². The molecule has 0 radical (unpaired) electrons. The highest BCUT2D eigenvalue weighted by atomic mass is 32.2. The summed E-state index contributed by atoms with van der Waals surface area (Å²) in [6.45, 7) is 0.196. The van der Waals surface area contributed by atoms with Gasteiger partial charge in [-0.25, -0.2) is 23.1 Å². The van der Waals surface area contributed by atoms with Crippen molar-refractivity contribution in [1.82, 2.24) is 9.97 Å². The second kappa shape index (κ2) is 7.89. The van der Waals surface area contributed by atoms with E-state index in [1.807, 2.05) is 6.07 Å². The smallest absolute Gasteiger partial charge is 0.264 e. The second-order valence-corrected chi connectivity index (χ2v) is 7.94. The van der Waals surface area contributed by atoms with Crippen molar-refractivity contribution >= 4 is 44.7 Å². The lowest BCUT2D eigenvalue weighted by molar-refractivity contribution is 0.174. The van der Waals surface area contributed by atoms with Crippen molar-refractivity contribution in [3.05, 3.63) is 60.9 Å². The predicted octanol–water partition coefficient (Wildman–Crippen LogP) is 2.82. The molecule has 4 rings (SSSR count). The molecule has 0 fully saturated rings. The van der Waals surface area contributed by atoms with Crippen LogP contribution in [0.15, 0.2) is 65.8 Å². The van der Waals surface area contributed by atoms with Crippen LogP contribution in [0.1, 0.15) is 0 Å². The zero-order chi connectivity index (χ0) is 20.3. The summed E-state index contributed by atoms with van der Waals surface area (Å²) in [6.07, 6.45) is 2.90. The van der Waals surface area contributed by atoms with E-state index in [1.54, 1.807) is 30.3 Å². The molecule has 29 heavy (non-hydrogen) atoms. The van der Waals surface area contributed by atoms with Crippen molar-refractivity contribution in [2.45, 2.75) is 4.90 Å². The molecule has 1 aromatic heterocycles. The Bertz CT molecular complexity index is 1140. The lowest BCUT2D eigenvalue weighted by Crippen LogP contribution is -2.19. The van der Waals surface area contributed by atoms with E-state index < -0.39 is 10.0 Å². The van der Waals surface area contributed by atoms with Crippen LogP contribution in [0, 0.1) is 0 Å². The van der Waals surface area contributed by atoms with Crippen molar-refractivity contribution < 1.29 is 17.9 Å². The number of hydrogen-bond donors (Lipinski definition) is 3. The van der Waals surface area contributed by atoms with Gasteiger partial charge in [0.15, 0.2) is 16.6 Å². The number of ether oxygens (including phenoxy) is 2. The van der Waals surface area contributed by atoms with Gasteiger partial charge in [0.05, 0.1) is 4.90 Å². The minimum Gasteiger partial charge on any atom is -0.454 e. The van der Waals surface area contributed by atoms with Crippen LogP contribution in [0.25, 0.3) is 0 Å². The van der Waals surface area contributed by atoms with Crippen LogP contribution in [0.5, 0.6) is 11.5 Å². The highest BCUT2D eigenvalue weighted by molar-refractivity contribution is 7.92. The summed E-state index contributed by atoms with van der Waals surface area (Å²) >= 11 is 5.30. The second-order valence-electron chi connectivity index (χ2n) is 5.85. The van der Waals surface area contributed by atoms with Gasteiger partial charge in [0.1, 0.15) is 0 Å². The minimum absolute atomic E-state index is 0.00352. The average molecular weight is 429 g/mol. The summed E-state index contributed by atoms with van der Waals surface area (Å²) in [6, 6.07) is 13.1. The molecular formula is C18H15N5O4S2. The van der Waals surface area contributed by atoms with Crippen molar-refractivity contribution in [1.29, 1.82) is 0 Å². The third-order valence-corrected chi connectivity index (χ3v) is 5.39. The number of benzene rings is 2. The van der Waals surface area contributed by atoms with E-state index in [-0.39, 0.29) is 17.6 Å². The molecule has 3 aromatic rings. The highest BCUT2D eigenvalue weighted by Gasteiger charge is 2.16. The fraction of sp³-hybridized carbons (Fsp3) is 0.0556. The van der Waals surface area contributed by atoms with Crippen LogP contribution < -0.4 is 24.8 Å². The molecule has 0 aliphatic carbocycles. The maximum atomic E-state index is 12.4. The number of nitrogens with zero attached hydrogens (tertiary/aromatic N) is 2. The quantitative estimate of drug-likeness (QED) is 0.527. The van der Waals surface area contributed by atoms with Crippen LogP contribution in [0.3, 0.4) is 0 Å². The molecule has 2 heterocycles. The zero-order valence-corrected chi connectivity index (χ0v) is 16.5. The van der Waals surface area contributed by atoms with Gasteiger partial charge < -0.3 is 20.1 Å². The number of anilines is 3. The average Bonchev–Trinajstić information content (AvgIpc) is 3.16. The van der Waals surface area contributed by atoms with Crippen LogP contribution in [0.2, 0.25) is 0 Å². The third kappa shape index (κ3) is 4.52. The number of fused-ring (bicyclic) bond motifs is 1. The van der Waals surface area contributed by atoms with E-state index in [9.17, 15) is 8.42 Å². The predicted molar refractivity (Wildman–Crippen MR) is 112 cm³/mol. The molecule has 0 spiro atoms. The Kier molecular flexibility index (Phi) is 5.14. The monoisotopic (exact) mass is 429 g/mol. The summed E-state index contributed by atoms with van der Waals surface area (Å²) in [4.78, 5) is 7.78. The first kappa shape index (κ1) is 18.9. The Morgan fingerprint density at radius 3 is 2.34 bits per heavy atom. The molecule has 148 valence electrons. The fourth-order valence-electron chi connectivity index (χ4n) is 2.52. The van der Waals surface area contributed by atoms with Gasteiger partial charge in [-0.2, -0.15) is 0 Å². The molecule has 1 aliphatic rings. The molecule has 9 nitrogen and oxygen atoms in total. The number of thiocarbonyl (C=S) groups is 1. The number of sulfonamides is 1. The molecule has 0 atom stereocenters. The topological polar surface area (TPSA) is 114 Å². The van der Waals surface area contributed by atoms with Gasteiger partial charge in [-0.05, 0) is 54.7 Å². The summed E-state index contributed by atoms with van der Waals surface area (Å²) in [5.41, 5.74) is 1.36. The number of rotatable bonds is 5. The largest absolute Gasteiger partial charge is 0.454 e. The zero-order valence-electron chi connectivity index (χ0n) is 14.8. The number of hydrogen-bond acceptors (Lipinski definition) is 7. The molecule has 2 aromatic carbocycles. The van der Waals surface area contributed by atoms with Crippen LogP contribution in [-0.2, 0) is 10.0 Å². The standard InChI is InChI=1S/C18H15N5O4S2/c24-29(25,23-17-19-8-1-9-20-17)14-5-2-12(3-6-14)21-18(28)22-13-4-7-15-16(10-13)27-11-26-15/h1-10H,11H2,(H,19,20,23)(H2,21,22,28).